The highest BCUT2D eigenvalue weighted by Crippen LogP contribution is 2.28. The highest BCUT2D eigenvalue weighted by molar-refractivity contribution is 5.45. The van der Waals surface area contributed by atoms with Crippen molar-refractivity contribution >= 4 is 0 Å². The summed E-state index contributed by atoms with van der Waals surface area (Å²) < 4.78 is 0. The molecule has 0 amide bonds. The van der Waals surface area contributed by atoms with Crippen molar-refractivity contribution in [2.75, 3.05) is 0 Å². The molecule has 0 aliphatic carbocycles. The molecule has 1 aromatic carbocycles. The maximum atomic E-state index is 9.72. The maximum Gasteiger partial charge on any atom is 0.122 e. The van der Waals surface area contributed by atoms with Gasteiger partial charge in [-0.05, 0) is 56.7 Å². The maximum absolute atomic E-state index is 9.72. The van der Waals surface area contributed by atoms with E-state index in [1.165, 1.54) is 64.2 Å². The summed E-state index contributed by atoms with van der Waals surface area (Å²) in [5.74, 6) is 0.407. The summed E-state index contributed by atoms with van der Waals surface area (Å²) in [6, 6.07) is 3.56. The quantitative estimate of drug-likeness (QED) is 0.307. The van der Waals surface area contributed by atoms with Gasteiger partial charge >= 0.3 is 0 Å². The molecule has 0 aliphatic rings. The van der Waals surface area contributed by atoms with E-state index in [4.69, 9.17) is 0 Å². The standard InChI is InChI=1S/C22H36O2/c1-3-4-5-6-7-8-9-10-11-12-13-14-15-16-20-17-21(23)19(2)22(24)18-20/h5-6,17-18,23-24H,3-4,7-16H2,1-2H3. The molecule has 2 N–H and O–H groups in total. The first-order valence-electron chi connectivity index (χ1n) is 9.81. The average molecular weight is 333 g/mol. The lowest BCUT2D eigenvalue weighted by Crippen LogP contribution is -1.88. The van der Waals surface area contributed by atoms with Crippen LogP contribution in [0, 0.1) is 6.92 Å². The molecule has 0 fully saturated rings. The number of allylic oxidation sites excluding steroid dienone is 2. The second-order valence-electron chi connectivity index (χ2n) is 6.89. The molecular weight excluding hydrogens is 296 g/mol. The lowest BCUT2D eigenvalue weighted by atomic mass is 10.0. The van der Waals surface area contributed by atoms with E-state index >= 15 is 0 Å². The lowest BCUT2D eigenvalue weighted by Gasteiger charge is -2.07. The largest absolute Gasteiger partial charge is 0.508 e. The third-order valence-electron chi connectivity index (χ3n) is 4.62. The molecule has 0 saturated carbocycles. The summed E-state index contributed by atoms with van der Waals surface area (Å²) >= 11 is 0. The molecule has 0 saturated heterocycles. The summed E-state index contributed by atoms with van der Waals surface area (Å²) in [5.41, 5.74) is 1.60. The minimum absolute atomic E-state index is 0.203. The molecule has 0 spiro atoms. The summed E-state index contributed by atoms with van der Waals surface area (Å²) in [6.07, 6.45) is 19.7. The van der Waals surface area contributed by atoms with Crippen molar-refractivity contribution in [2.24, 2.45) is 0 Å². The third kappa shape index (κ3) is 9.00. The van der Waals surface area contributed by atoms with Crippen molar-refractivity contribution in [3.05, 3.63) is 35.4 Å². The van der Waals surface area contributed by atoms with Gasteiger partial charge in [-0.2, -0.15) is 0 Å². The van der Waals surface area contributed by atoms with Crippen molar-refractivity contribution < 1.29 is 10.2 Å². The van der Waals surface area contributed by atoms with Gasteiger partial charge in [0.25, 0.3) is 0 Å². The smallest absolute Gasteiger partial charge is 0.122 e. The number of hydrogen-bond donors (Lipinski definition) is 2. The Kier molecular flexibility index (Phi) is 11.1. The summed E-state index contributed by atoms with van der Waals surface area (Å²) in [7, 11) is 0. The molecule has 0 aliphatic heterocycles. The van der Waals surface area contributed by atoms with E-state index in [9.17, 15) is 10.2 Å². The van der Waals surface area contributed by atoms with Gasteiger partial charge in [0.1, 0.15) is 11.5 Å². The van der Waals surface area contributed by atoms with E-state index < -0.39 is 0 Å². The SMILES string of the molecule is CCCC=CCCCCCCCCCCc1cc(O)c(C)c(O)c1. The van der Waals surface area contributed by atoms with Gasteiger partial charge in [-0.25, -0.2) is 0 Å². The van der Waals surface area contributed by atoms with Crippen molar-refractivity contribution in [3.8, 4) is 11.5 Å². The molecule has 1 aromatic rings. The molecule has 0 radical (unpaired) electrons. The van der Waals surface area contributed by atoms with Gasteiger partial charge in [0, 0.05) is 5.56 Å². The highest BCUT2D eigenvalue weighted by Gasteiger charge is 2.05. The number of rotatable bonds is 13. The molecule has 0 heterocycles. The van der Waals surface area contributed by atoms with Gasteiger partial charge < -0.3 is 10.2 Å². The number of unbranched alkanes of at least 4 members (excludes halogenated alkanes) is 9. The van der Waals surface area contributed by atoms with Crippen LogP contribution in [0.2, 0.25) is 0 Å². The molecular formula is C22H36O2. The second kappa shape index (κ2) is 12.9. The lowest BCUT2D eigenvalue weighted by molar-refractivity contribution is 0.441. The van der Waals surface area contributed by atoms with E-state index in [-0.39, 0.29) is 11.5 Å². The Morgan fingerprint density at radius 1 is 0.750 bits per heavy atom. The van der Waals surface area contributed by atoms with Gasteiger partial charge in [-0.1, -0.05) is 64.0 Å². The Balaban J connectivity index is 1.96. The van der Waals surface area contributed by atoms with Crippen LogP contribution in [0.25, 0.3) is 0 Å². The molecule has 0 bridgehead atoms. The predicted molar refractivity (Wildman–Crippen MR) is 104 cm³/mol. The minimum atomic E-state index is 0.203. The Morgan fingerprint density at radius 2 is 1.25 bits per heavy atom. The number of phenols is 2. The average Bonchev–Trinajstić information content (AvgIpc) is 2.56. The van der Waals surface area contributed by atoms with Gasteiger partial charge in [0.05, 0.1) is 0 Å². The Hall–Kier alpha value is -1.44. The van der Waals surface area contributed by atoms with Crippen LogP contribution in [0.15, 0.2) is 24.3 Å². The van der Waals surface area contributed by atoms with Crippen LogP contribution in [0.1, 0.15) is 88.7 Å². The van der Waals surface area contributed by atoms with Gasteiger partial charge in [0.15, 0.2) is 0 Å². The summed E-state index contributed by atoms with van der Waals surface area (Å²) in [5, 5.41) is 19.4. The van der Waals surface area contributed by atoms with E-state index in [1.807, 2.05) is 0 Å². The fraction of sp³-hybridized carbons (Fsp3) is 0.636. The van der Waals surface area contributed by atoms with Gasteiger partial charge in [-0.3, -0.25) is 0 Å². The highest BCUT2D eigenvalue weighted by atomic mass is 16.3. The first-order valence-corrected chi connectivity index (χ1v) is 9.81. The zero-order valence-electron chi connectivity index (χ0n) is 15.7. The van der Waals surface area contributed by atoms with Crippen molar-refractivity contribution in [1.82, 2.24) is 0 Å². The summed E-state index contributed by atoms with van der Waals surface area (Å²) in [6.45, 7) is 3.95. The fourth-order valence-electron chi connectivity index (χ4n) is 2.94. The molecule has 0 atom stereocenters. The first-order chi connectivity index (χ1) is 11.6. The molecule has 24 heavy (non-hydrogen) atoms. The Morgan fingerprint density at radius 3 is 1.83 bits per heavy atom. The molecule has 136 valence electrons. The van der Waals surface area contributed by atoms with Crippen LogP contribution in [0.4, 0.5) is 0 Å². The predicted octanol–water partition coefficient (Wildman–Crippen LogP) is 6.82. The van der Waals surface area contributed by atoms with Crippen LogP contribution in [0.3, 0.4) is 0 Å². The van der Waals surface area contributed by atoms with E-state index in [0.29, 0.717) is 5.56 Å². The summed E-state index contributed by atoms with van der Waals surface area (Å²) in [4.78, 5) is 0. The normalized spacial score (nSPS) is 11.4. The molecule has 0 unspecified atom stereocenters. The minimum Gasteiger partial charge on any atom is -0.508 e. The molecule has 1 rings (SSSR count). The number of aryl methyl sites for hydroxylation is 1. The number of hydrogen-bond acceptors (Lipinski definition) is 2. The Labute approximate surface area is 148 Å². The molecule has 2 heteroatoms. The first kappa shape index (κ1) is 20.6. The van der Waals surface area contributed by atoms with Crippen molar-refractivity contribution in [3.63, 3.8) is 0 Å². The van der Waals surface area contributed by atoms with Crippen LogP contribution >= 0.6 is 0 Å². The Bertz CT molecular complexity index is 454. The third-order valence-corrected chi connectivity index (χ3v) is 4.62. The van der Waals surface area contributed by atoms with Crippen molar-refractivity contribution in [1.29, 1.82) is 0 Å². The van der Waals surface area contributed by atoms with E-state index in [1.54, 1.807) is 19.1 Å². The number of phenolic OH excluding ortho intramolecular Hbond substituents is 2. The van der Waals surface area contributed by atoms with Crippen LogP contribution in [0.5, 0.6) is 11.5 Å². The number of benzene rings is 1. The van der Waals surface area contributed by atoms with E-state index in [2.05, 4.69) is 19.1 Å². The molecule has 2 nitrogen and oxygen atoms in total. The van der Waals surface area contributed by atoms with Gasteiger partial charge in [-0.15, -0.1) is 0 Å². The second-order valence-corrected chi connectivity index (χ2v) is 6.89. The van der Waals surface area contributed by atoms with E-state index in [0.717, 1.165) is 18.4 Å². The zero-order chi connectivity index (χ0) is 17.6. The number of aromatic hydroxyl groups is 2. The topological polar surface area (TPSA) is 40.5 Å². The van der Waals surface area contributed by atoms with Crippen LogP contribution < -0.4 is 0 Å². The monoisotopic (exact) mass is 332 g/mol. The fourth-order valence-corrected chi connectivity index (χ4v) is 2.94. The zero-order valence-corrected chi connectivity index (χ0v) is 15.7. The van der Waals surface area contributed by atoms with Crippen molar-refractivity contribution in [2.45, 2.75) is 90.9 Å². The van der Waals surface area contributed by atoms with Crippen LogP contribution in [-0.4, -0.2) is 10.2 Å². The van der Waals surface area contributed by atoms with Gasteiger partial charge in [0.2, 0.25) is 0 Å². The van der Waals surface area contributed by atoms with Crippen LogP contribution in [-0.2, 0) is 6.42 Å². The molecule has 0 aromatic heterocycles.